The standard InChI is InChI=1S/C16H16ClN3O5S/c1-3-4-25-14-10(17)5-9(6-11(14)24-2)8-18-20-16-19-15(23)12(26-16)7-13(21)22/h3,5-6,8,12H,1,4,7H2,2H3,(H,21,22)(H,19,20,23). The minimum Gasteiger partial charge on any atom is -0.493 e. The van der Waals surface area contributed by atoms with Crippen LogP contribution < -0.4 is 14.8 Å². The summed E-state index contributed by atoms with van der Waals surface area (Å²) in [5.74, 6) is -0.631. The Bertz CT molecular complexity index is 781. The largest absolute Gasteiger partial charge is 0.493 e. The number of carbonyl (C=O) groups excluding carboxylic acids is 1. The van der Waals surface area contributed by atoms with Crippen molar-refractivity contribution in [3.63, 3.8) is 0 Å². The van der Waals surface area contributed by atoms with Gasteiger partial charge in [-0.3, -0.25) is 9.59 Å². The van der Waals surface area contributed by atoms with Crippen LogP contribution in [-0.4, -0.2) is 47.3 Å². The minimum atomic E-state index is -1.05. The monoisotopic (exact) mass is 397 g/mol. The van der Waals surface area contributed by atoms with Crippen molar-refractivity contribution in [2.75, 3.05) is 13.7 Å². The Balaban J connectivity index is 2.11. The second kappa shape index (κ2) is 9.25. The number of ether oxygens (including phenoxy) is 2. The Kier molecular flexibility index (Phi) is 7.05. The van der Waals surface area contributed by atoms with Gasteiger partial charge < -0.3 is 19.9 Å². The first-order chi connectivity index (χ1) is 12.4. The maximum Gasteiger partial charge on any atom is 0.305 e. The molecule has 10 heteroatoms. The van der Waals surface area contributed by atoms with Crippen molar-refractivity contribution in [2.45, 2.75) is 11.7 Å². The van der Waals surface area contributed by atoms with Gasteiger partial charge >= 0.3 is 5.97 Å². The van der Waals surface area contributed by atoms with Crippen LogP contribution in [0.1, 0.15) is 12.0 Å². The maximum absolute atomic E-state index is 11.6. The van der Waals surface area contributed by atoms with Gasteiger partial charge in [0.15, 0.2) is 16.7 Å². The number of nitrogens with one attached hydrogen (secondary N) is 1. The Morgan fingerprint density at radius 1 is 1.54 bits per heavy atom. The van der Waals surface area contributed by atoms with E-state index in [1.165, 1.54) is 13.3 Å². The number of amides is 1. The van der Waals surface area contributed by atoms with Crippen molar-refractivity contribution in [3.8, 4) is 11.5 Å². The average Bonchev–Trinajstić information content (AvgIpc) is 2.92. The van der Waals surface area contributed by atoms with Crippen LogP contribution in [0, 0.1) is 0 Å². The molecule has 0 aromatic heterocycles. The highest BCUT2D eigenvalue weighted by molar-refractivity contribution is 8.15. The van der Waals surface area contributed by atoms with Crippen LogP contribution in [0.5, 0.6) is 11.5 Å². The lowest BCUT2D eigenvalue weighted by Crippen LogP contribution is -2.26. The van der Waals surface area contributed by atoms with Gasteiger partial charge in [0.25, 0.3) is 0 Å². The van der Waals surface area contributed by atoms with E-state index in [1.807, 2.05) is 0 Å². The van der Waals surface area contributed by atoms with E-state index in [-0.39, 0.29) is 18.2 Å². The van der Waals surface area contributed by atoms with Crippen LogP contribution >= 0.6 is 23.4 Å². The average molecular weight is 398 g/mol. The summed E-state index contributed by atoms with van der Waals surface area (Å²) < 4.78 is 10.7. The normalized spacial score (nSPS) is 18.2. The molecule has 1 atom stereocenters. The van der Waals surface area contributed by atoms with Crippen molar-refractivity contribution >= 4 is 46.6 Å². The molecule has 2 rings (SSSR count). The summed E-state index contributed by atoms with van der Waals surface area (Å²) in [7, 11) is 1.49. The minimum absolute atomic E-state index is 0.237. The summed E-state index contributed by atoms with van der Waals surface area (Å²) in [6, 6.07) is 3.29. The van der Waals surface area contributed by atoms with Crippen molar-refractivity contribution in [2.24, 2.45) is 10.2 Å². The van der Waals surface area contributed by atoms with E-state index in [0.29, 0.717) is 22.1 Å². The van der Waals surface area contributed by atoms with Crippen molar-refractivity contribution in [3.05, 3.63) is 35.4 Å². The van der Waals surface area contributed by atoms with Gasteiger partial charge in [-0.2, -0.15) is 5.10 Å². The smallest absolute Gasteiger partial charge is 0.305 e. The molecule has 1 heterocycles. The zero-order valence-electron chi connectivity index (χ0n) is 13.8. The number of hydrogen-bond acceptors (Lipinski definition) is 7. The lowest BCUT2D eigenvalue weighted by atomic mass is 10.2. The number of amidine groups is 1. The molecule has 1 aliphatic rings. The van der Waals surface area contributed by atoms with Crippen LogP contribution in [0.15, 0.2) is 35.0 Å². The summed E-state index contributed by atoms with van der Waals surface area (Å²) in [6.07, 6.45) is 2.74. The van der Waals surface area contributed by atoms with E-state index in [0.717, 1.165) is 11.8 Å². The first kappa shape index (κ1) is 19.8. The third kappa shape index (κ3) is 5.24. The SMILES string of the molecule is C=CCOc1c(Cl)cc(C=NN=C2NC(=O)C(CC(=O)O)S2)cc1OC. The lowest BCUT2D eigenvalue weighted by molar-refractivity contribution is -0.138. The summed E-state index contributed by atoms with van der Waals surface area (Å²) in [6.45, 7) is 3.86. The van der Waals surface area contributed by atoms with Gasteiger partial charge in [0.2, 0.25) is 5.91 Å². The molecule has 1 unspecified atom stereocenters. The molecule has 1 aromatic carbocycles. The highest BCUT2D eigenvalue weighted by Crippen LogP contribution is 2.36. The molecule has 26 heavy (non-hydrogen) atoms. The van der Waals surface area contributed by atoms with Gasteiger partial charge in [0.1, 0.15) is 11.9 Å². The van der Waals surface area contributed by atoms with E-state index < -0.39 is 17.1 Å². The van der Waals surface area contributed by atoms with Crippen LogP contribution in [0.3, 0.4) is 0 Å². The number of thioether (sulfide) groups is 1. The molecule has 0 saturated carbocycles. The molecule has 1 aliphatic heterocycles. The number of benzene rings is 1. The van der Waals surface area contributed by atoms with Crippen LogP contribution in [0.25, 0.3) is 0 Å². The molecule has 0 aliphatic carbocycles. The first-order valence-electron chi connectivity index (χ1n) is 7.36. The zero-order valence-corrected chi connectivity index (χ0v) is 15.3. The molecule has 1 aromatic rings. The van der Waals surface area contributed by atoms with Crippen molar-refractivity contribution < 1.29 is 24.2 Å². The Labute approximate surface area is 158 Å². The third-order valence-corrected chi connectivity index (χ3v) is 4.44. The fourth-order valence-electron chi connectivity index (χ4n) is 1.99. The number of carboxylic acid groups (broad SMARTS) is 1. The van der Waals surface area contributed by atoms with E-state index in [9.17, 15) is 9.59 Å². The number of hydrogen-bond donors (Lipinski definition) is 2. The molecular weight excluding hydrogens is 382 g/mol. The number of carboxylic acids is 1. The summed E-state index contributed by atoms with van der Waals surface area (Å²) in [5.41, 5.74) is 0.610. The summed E-state index contributed by atoms with van der Waals surface area (Å²) in [4.78, 5) is 22.3. The quantitative estimate of drug-likeness (QED) is 0.395. The van der Waals surface area contributed by atoms with Gasteiger partial charge in [-0.25, -0.2) is 0 Å². The maximum atomic E-state index is 11.6. The van der Waals surface area contributed by atoms with Gasteiger partial charge in [0, 0.05) is 5.56 Å². The van der Waals surface area contributed by atoms with Gasteiger partial charge in [0.05, 0.1) is 24.8 Å². The molecule has 0 bridgehead atoms. The second-order valence-electron chi connectivity index (χ2n) is 4.98. The second-order valence-corrected chi connectivity index (χ2v) is 6.58. The molecular formula is C16H16ClN3O5S. The summed E-state index contributed by atoms with van der Waals surface area (Å²) >= 11 is 7.21. The molecule has 1 amide bonds. The molecule has 0 radical (unpaired) electrons. The topological polar surface area (TPSA) is 110 Å². The molecule has 0 spiro atoms. The highest BCUT2D eigenvalue weighted by atomic mass is 35.5. The van der Waals surface area contributed by atoms with E-state index in [4.69, 9.17) is 26.2 Å². The van der Waals surface area contributed by atoms with Gasteiger partial charge in [-0.15, -0.1) is 5.10 Å². The summed E-state index contributed by atoms with van der Waals surface area (Å²) in [5, 5.41) is 18.9. The fourth-order valence-corrected chi connectivity index (χ4v) is 3.18. The molecule has 1 saturated heterocycles. The van der Waals surface area contributed by atoms with E-state index in [1.54, 1.807) is 18.2 Å². The van der Waals surface area contributed by atoms with Crippen LogP contribution in [-0.2, 0) is 9.59 Å². The van der Waals surface area contributed by atoms with Crippen LogP contribution in [0.2, 0.25) is 5.02 Å². The fraction of sp³-hybridized carbons (Fsp3) is 0.250. The van der Waals surface area contributed by atoms with Crippen molar-refractivity contribution in [1.82, 2.24) is 5.32 Å². The Morgan fingerprint density at radius 3 is 2.96 bits per heavy atom. The molecule has 1 fully saturated rings. The predicted octanol–water partition coefficient (Wildman–Crippen LogP) is 2.31. The molecule has 2 N–H and O–H groups in total. The molecule has 8 nitrogen and oxygen atoms in total. The highest BCUT2D eigenvalue weighted by Gasteiger charge is 2.32. The lowest BCUT2D eigenvalue weighted by Gasteiger charge is -2.11. The zero-order chi connectivity index (χ0) is 19.1. The third-order valence-electron chi connectivity index (χ3n) is 3.09. The Hall–Kier alpha value is -2.52. The number of methoxy groups -OCH3 is 1. The van der Waals surface area contributed by atoms with E-state index >= 15 is 0 Å². The van der Waals surface area contributed by atoms with Gasteiger partial charge in [-0.1, -0.05) is 36.0 Å². The van der Waals surface area contributed by atoms with Crippen LogP contribution in [0.4, 0.5) is 0 Å². The first-order valence-corrected chi connectivity index (χ1v) is 8.62. The Morgan fingerprint density at radius 2 is 2.31 bits per heavy atom. The predicted molar refractivity (Wildman–Crippen MR) is 100 cm³/mol. The number of aliphatic carboxylic acids is 1. The number of carbonyl (C=O) groups is 2. The number of rotatable bonds is 8. The van der Waals surface area contributed by atoms with E-state index in [2.05, 4.69) is 22.1 Å². The number of halogens is 1. The number of nitrogens with zero attached hydrogens (tertiary/aromatic N) is 2. The molecule has 138 valence electrons. The van der Waals surface area contributed by atoms with Crippen molar-refractivity contribution in [1.29, 1.82) is 0 Å². The van der Waals surface area contributed by atoms with Gasteiger partial charge in [-0.05, 0) is 12.1 Å².